The Morgan fingerprint density at radius 1 is 0.681 bits per heavy atom. The Morgan fingerprint density at radius 3 is 1.51 bits per heavy atom. The summed E-state index contributed by atoms with van der Waals surface area (Å²) in [7, 11) is 1.72. The predicted molar refractivity (Wildman–Crippen MR) is 202 cm³/mol. The SMILES string of the molecule is CCCCCCCCCCCCC/C=C/[C@@H](C(=O)CCCCCCCCCCCCCCC)[C@H](N)COP(=O)(O)OCC[N+](C)(C)C. The van der Waals surface area contributed by atoms with Crippen LogP contribution in [0.5, 0.6) is 0 Å². The normalized spacial score (nSPS) is 14.9. The molecule has 0 fully saturated rings. The highest BCUT2D eigenvalue weighted by Gasteiger charge is 2.28. The number of allylic oxidation sites excluding steroid dienone is 1. The van der Waals surface area contributed by atoms with Gasteiger partial charge in [0.25, 0.3) is 0 Å². The number of nitrogens with zero attached hydrogens (tertiary/aromatic N) is 1. The molecule has 0 aromatic heterocycles. The van der Waals surface area contributed by atoms with Crippen LogP contribution in [0.25, 0.3) is 0 Å². The van der Waals surface area contributed by atoms with Crippen molar-refractivity contribution >= 4 is 13.6 Å². The molecular weight excluding hydrogens is 607 g/mol. The van der Waals surface area contributed by atoms with Crippen LogP contribution >= 0.6 is 7.82 Å². The van der Waals surface area contributed by atoms with Crippen LogP contribution in [0.1, 0.15) is 181 Å². The fourth-order valence-corrected chi connectivity index (χ4v) is 6.64. The molecule has 0 aliphatic rings. The number of carbonyl (C=O) groups is 1. The van der Waals surface area contributed by atoms with Gasteiger partial charge < -0.3 is 15.1 Å². The second-order valence-corrected chi connectivity index (χ2v) is 16.5. The van der Waals surface area contributed by atoms with Crippen molar-refractivity contribution in [3.8, 4) is 0 Å². The quantitative estimate of drug-likeness (QED) is 0.0294. The molecule has 0 heterocycles. The van der Waals surface area contributed by atoms with E-state index in [0.717, 1.165) is 32.1 Å². The number of nitrogens with two attached hydrogens (primary N) is 1. The summed E-state index contributed by atoms with van der Waals surface area (Å²) in [6.45, 7) is 5.00. The molecule has 0 rings (SSSR count). The molecule has 0 aliphatic carbocycles. The van der Waals surface area contributed by atoms with Crippen molar-refractivity contribution in [2.75, 3.05) is 40.9 Å². The fraction of sp³-hybridized carbons (Fsp3) is 0.923. The number of carbonyl (C=O) groups excluding carboxylic acids is 1. The maximum atomic E-state index is 13.3. The van der Waals surface area contributed by atoms with Crippen LogP contribution < -0.4 is 5.73 Å². The van der Waals surface area contributed by atoms with Gasteiger partial charge in [0, 0.05) is 12.5 Å². The van der Waals surface area contributed by atoms with Crippen molar-refractivity contribution in [1.29, 1.82) is 0 Å². The first-order valence-corrected chi connectivity index (χ1v) is 21.4. The van der Waals surface area contributed by atoms with Crippen molar-refractivity contribution in [1.82, 2.24) is 0 Å². The second-order valence-electron chi connectivity index (χ2n) is 15.0. The topological polar surface area (TPSA) is 98.9 Å². The van der Waals surface area contributed by atoms with E-state index >= 15 is 0 Å². The van der Waals surface area contributed by atoms with E-state index in [1.165, 1.54) is 128 Å². The van der Waals surface area contributed by atoms with E-state index in [4.69, 9.17) is 14.8 Å². The lowest BCUT2D eigenvalue weighted by Gasteiger charge is -2.24. The number of unbranched alkanes of at least 4 members (excludes halogenated alkanes) is 23. The van der Waals surface area contributed by atoms with Crippen LogP contribution in [0.4, 0.5) is 0 Å². The molecule has 0 amide bonds. The molecule has 47 heavy (non-hydrogen) atoms. The van der Waals surface area contributed by atoms with E-state index in [1.54, 1.807) is 0 Å². The number of hydrogen-bond donors (Lipinski definition) is 2. The Morgan fingerprint density at radius 2 is 1.09 bits per heavy atom. The van der Waals surface area contributed by atoms with E-state index in [1.807, 2.05) is 27.2 Å². The summed E-state index contributed by atoms with van der Waals surface area (Å²) in [5.41, 5.74) is 6.43. The summed E-state index contributed by atoms with van der Waals surface area (Å²) in [5.74, 6) is -0.427. The smallest absolute Gasteiger partial charge is 0.329 e. The molecule has 1 unspecified atom stereocenters. The van der Waals surface area contributed by atoms with E-state index in [0.29, 0.717) is 17.4 Å². The molecule has 0 aliphatic heterocycles. The van der Waals surface area contributed by atoms with E-state index in [9.17, 15) is 14.3 Å². The van der Waals surface area contributed by atoms with Crippen molar-refractivity contribution in [3.63, 3.8) is 0 Å². The monoisotopic (exact) mass is 688 g/mol. The van der Waals surface area contributed by atoms with Gasteiger partial charge in [0.2, 0.25) is 0 Å². The van der Waals surface area contributed by atoms with Gasteiger partial charge in [0.05, 0.1) is 33.7 Å². The first kappa shape index (κ1) is 46.4. The molecule has 0 radical (unpaired) electrons. The third-order valence-corrected chi connectivity index (χ3v) is 10.1. The van der Waals surface area contributed by atoms with Crippen molar-refractivity contribution < 1.29 is 27.8 Å². The van der Waals surface area contributed by atoms with Crippen LogP contribution in [-0.2, 0) is 18.4 Å². The highest BCUT2D eigenvalue weighted by Crippen LogP contribution is 2.43. The van der Waals surface area contributed by atoms with Gasteiger partial charge in [-0.25, -0.2) is 4.57 Å². The summed E-state index contributed by atoms with van der Waals surface area (Å²) in [5, 5.41) is 0. The zero-order chi connectivity index (χ0) is 35.1. The molecule has 3 atom stereocenters. The number of phosphoric ester groups is 1. The Hall–Kier alpha value is -0.560. The highest BCUT2D eigenvalue weighted by atomic mass is 31.2. The second kappa shape index (κ2) is 31.4. The Labute approximate surface area is 292 Å². The minimum absolute atomic E-state index is 0.0954. The largest absolute Gasteiger partial charge is 0.472 e. The third-order valence-electron chi connectivity index (χ3n) is 9.12. The Balaban J connectivity index is 4.55. The predicted octanol–water partition coefficient (Wildman–Crippen LogP) is 11.1. The highest BCUT2D eigenvalue weighted by molar-refractivity contribution is 7.47. The van der Waals surface area contributed by atoms with Crippen LogP contribution in [-0.4, -0.2) is 62.1 Å². The molecule has 0 spiro atoms. The summed E-state index contributed by atoms with van der Waals surface area (Å²) >= 11 is 0. The molecular formula is C39H80N2O5P+. The number of rotatable bonds is 36. The standard InChI is InChI=1S/C39H79N2O5P/c1-6-8-10-12-14-16-18-20-22-24-26-28-30-32-37(38(40)36-46-47(43,44)45-35-34-41(3,4)5)39(42)33-31-29-27-25-23-21-19-17-15-13-11-9-7-2/h30,32,37-38H,6-29,31,33-36,40H2,1-5H3/p+1/b32-30+/t37-,38-/m1/s1. The van der Waals surface area contributed by atoms with Crippen molar-refractivity contribution in [3.05, 3.63) is 12.2 Å². The summed E-state index contributed by atoms with van der Waals surface area (Å²) in [4.78, 5) is 23.5. The number of phosphoric acid groups is 1. The summed E-state index contributed by atoms with van der Waals surface area (Å²) in [6, 6.07) is -0.694. The summed E-state index contributed by atoms with van der Waals surface area (Å²) < 4.78 is 23.4. The van der Waals surface area contributed by atoms with E-state index < -0.39 is 19.8 Å². The minimum atomic E-state index is -4.24. The maximum absolute atomic E-state index is 13.3. The fourth-order valence-electron chi connectivity index (χ4n) is 5.89. The number of ketones is 1. The molecule has 280 valence electrons. The van der Waals surface area contributed by atoms with Gasteiger partial charge in [0.15, 0.2) is 0 Å². The Kier molecular flexibility index (Phi) is 31.0. The van der Waals surface area contributed by atoms with Crippen molar-refractivity contribution in [2.24, 2.45) is 11.7 Å². The van der Waals surface area contributed by atoms with Crippen LogP contribution in [0.2, 0.25) is 0 Å². The molecule has 8 heteroatoms. The molecule has 0 saturated carbocycles. The first-order valence-electron chi connectivity index (χ1n) is 19.9. The van der Waals surface area contributed by atoms with Gasteiger partial charge in [0.1, 0.15) is 18.9 Å². The van der Waals surface area contributed by atoms with Gasteiger partial charge in [-0.1, -0.05) is 167 Å². The van der Waals surface area contributed by atoms with Gasteiger partial charge in [-0.2, -0.15) is 0 Å². The zero-order valence-electron chi connectivity index (χ0n) is 31.9. The number of hydrogen-bond acceptors (Lipinski definition) is 5. The van der Waals surface area contributed by atoms with Crippen LogP contribution in [0.3, 0.4) is 0 Å². The zero-order valence-corrected chi connectivity index (χ0v) is 32.8. The van der Waals surface area contributed by atoms with Gasteiger partial charge >= 0.3 is 7.82 Å². The lowest BCUT2D eigenvalue weighted by molar-refractivity contribution is -0.870. The van der Waals surface area contributed by atoms with E-state index in [2.05, 4.69) is 19.9 Å². The average molecular weight is 688 g/mol. The lowest BCUT2D eigenvalue weighted by Crippen LogP contribution is -2.38. The average Bonchev–Trinajstić information content (AvgIpc) is 3.01. The molecule has 0 bridgehead atoms. The molecule has 3 N–H and O–H groups in total. The molecule has 0 aromatic rings. The number of likely N-dealkylation sites (N-methyl/N-ethyl adjacent to an activating group) is 1. The Bertz CT molecular complexity index is 786. The molecule has 0 aromatic carbocycles. The minimum Gasteiger partial charge on any atom is -0.329 e. The molecule has 0 saturated heterocycles. The van der Waals surface area contributed by atoms with Gasteiger partial charge in [-0.3, -0.25) is 13.8 Å². The van der Waals surface area contributed by atoms with Gasteiger partial charge in [-0.05, 0) is 19.3 Å². The van der Waals surface area contributed by atoms with Crippen molar-refractivity contribution in [2.45, 2.75) is 187 Å². The van der Waals surface area contributed by atoms with E-state index in [-0.39, 0.29) is 19.0 Å². The maximum Gasteiger partial charge on any atom is 0.472 e. The number of quaternary nitrogens is 1. The summed E-state index contributed by atoms with van der Waals surface area (Å²) in [6.07, 6.45) is 36.2. The van der Waals surface area contributed by atoms with Crippen LogP contribution in [0, 0.1) is 5.92 Å². The molecule has 7 nitrogen and oxygen atoms in total. The lowest BCUT2D eigenvalue weighted by atomic mass is 9.91. The number of Topliss-reactive ketones (excluding diaryl/α,β-unsaturated/α-hetero) is 1. The van der Waals surface area contributed by atoms with Gasteiger partial charge in [-0.15, -0.1) is 0 Å². The first-order chi connectivity index (χ1) is 22.5. The third kappa shape index (κ3) is 32.4. The van der Waals surface area contributed by atoms with Crippen LogP contribution in [0.15, 0.2) is 12.2 Å².